The van der Waals surface area contributed by atoms with Crippen LogP contribution in [-0.2, 0) is 28.6 Å². The lowest BCUT2D eigenvalue weighted by molar-refractivity contribution is -0.167. The van der Waals surface area contributed by atoms with Gasteiger partial charge in [-0.3, -0.25) is 14.4 Å². The Morgan fingerprint density at radius 3 is 0.942 bits per heavy atom. The van der Waals surface area contributed by atoms with Gasteiger partial charge in [-0.1, -0.05) is 275 Å². The number of carbonyl (C=O) groups is 3. The molecule has 0 radical (unpaired) electrons. The summed E-state index contributed by atoms with van der Waals surface area (Å²) in [6, 6.07) is 0. The normalized spacial score (nSPS) is 12.3. The first kappa shape index (κ1) is 66.4. The second kappa shape index (κ2) is 57.9. The van der Waals surface area contributed by atoms with Crippen LogP contribution in [0.15, 0.2) is 48.6 Å². The van der Waals surface area contributed by atoms with Crippen LogP contribution in [0, 0.1) is 0 Å². The Labute approximate surface area is 428 Å². The van der Waals surface area contributed by atoms with Crippen molar-refractivity contribution >= 4 is 17.9 Å². The van der Waals surface area contributed by atoms with Crippen LogP contribution in [0.2, 0.25) is 0 Å². The lowest BCUT2D eigenvalue weighted by Gasteiger charge is -2.18. The van der Waals surface area contributed by atoms with E-state index in [2.05, 4.69) is 69.4 Å². The van der Waals surface area contributed by atoms with E-state index < -0.39 is 6.10 Å². The Balaban J connectivity index is 4.20. The topological polar surface area (TPSA) is 78.9 Å². The van der Waals surface area contributed by atoms with Crippen LogP contribution in [0.4, 0.5) is 0 Å². The van der Waals surface area contributed by atoms with Crippen molar-refractivity contribution in [3.63, 3.8) is 0 Å². The fourth-order valence-corrected chi connectivity index (χ4v) is 8.79. The van der Waals surface area contributed by atoms with Gasteiger partial charge < -0.3 is 14.2 Å². The minimum Gasteiger partial charge on any atom is -0.462 e. The fraction of sp³-hybridized carbons (Fsp3) is 0.825. The second-order valence-electron chi connectivity index (χ2n) is 20.2. The Kier molecular flexibility index (Phi) is 55.7. The molecule has 0 bridgehead atoms. The van der Waals surface area contributed by atoms with Crippen molar-refractivity contribution in [2.24, 2.45) is 0 Å². The molecule has 0 amide bonds. The molecule has 0 spiro atoms. The van der Waals surface area contributed by atoms with Crippen molar-refractivity contribution < 1.29 is 28.6 Å². The Hall–Kier alpha value is -2.63. The highest BCUT2D eigenvalue weighted by Crippen LogP contribution is 2.17. The molecule has 6 heteroatoms. The Morgan fingerprint density at radius 2 is 0.580 bits per heavy atom. The van der Waals surface area contributed by atoms with E-state index in [0.717, 1.165) is 103 Å². The molecular formula is C63H114O6. The molecule has 0 aromatic heterocycles. The lowest BCUT2D eigenvalue weighted by Crippen LogP contribution is -2.30. The number of ether oxygens (including phenoxy) is 3. The van der Waals surface area contributed by atoms with E-state index in [1.54, 1.807) is 0 Å². The minimum atomic E-state index is -0.783. The van der Waals surface area contributed by atoms with Gasteiger partial charge in [0.05, 0.1) is 0 Å². The largest absolute Gasteiger partial charge is 0.462 e. The van der Waals surface area contributed by atoms with E-state index in [-0.39, 0.29) is 31.1 Å². The maximum Gasteiger partial charge on any atom is 0.306 e. The molecule has 0 rings (SSSR count). The van der Waals surface area contributed by atoms with Gasteiger partial charge in [-0.25, -0.2) is 0 Å². The summed E-state index contributed by atoms with van der Waals surface area (Å²) in [7, 11) is 0. The van der Waals surface area contributed by atoms with Crippen LogP contribution in [0.1, 0.15) is 316 Å². The van der Waals surface area contributed by atoms with Crippen molar-refractivity contribution in [2.45, 2.75) is 322 Å². The molecule has 0 aliphatic carbocycles. The van der Waals surface area contributed by atoms with E-state index in [1.165, 1.54) is 173 Å². The molecule has 0 saturated heterocycles. The van der Waals surface area contributed by atoms with Crippen LogP contribution >= 0.6 is 0 Å². The highest BCUT2D eigenvalue weighted by Gasteiger charge is 2.19. The molecule has 0 aliphatic rings. The third-order valence-corrected chi connectivity index (χ3v) is 13.3. The van der Waals surface area contributed by atoms with Gasteiger partial charge in [0.25, 0.3) is 0 Å². The first-order valence-corrected chi connectivity index (χ1v) is 30.1. The number of allylic oxidation sites excluding steroid dienone is 8. The first-order valence-electron chi connectivity index (χ1n) is 30.1. The van der Waals surface area contributed by atoms with E-state index in [9.17, 15) is 14.4 Å². The van der Waals surface area contributed by atoms with Gasteiger partial charge in [0, 0.05) is 19.3 Å². The fourth-order valence-electron chi connectivity index (χ4n) is 8.79. The summed E-state index contributed by atoms with van der Waals surface area (Å²) in [6.45, 7) is 6.51. The Bertz CT molecular complexity index is 1200. The van der Waals surface area contributed by atoms with Crippen LogP contribution in [-0.4, -0.2) is 37.2 Å². The summed E-state index contributed by atoms with van der Waals surface area (Å²) in [5, 5.41) is 0. The second-order valence-corrected chi connectivity index (χ2v) is 20.2. The number of hydrogen-bond acceptors (Lipinski definition) is 6. The molecule has 402 valence electrons. The van der Waals surface area contributed by atoms with E-state index >= 15 is 0 Å². The van der Waals surface area contributed by atoms with Gasteiger partial charge in [0.15, 0.2) is 6.10 Å². The maximum absolute atomic E-state index is 12.8. The predicted octanol–water partition coefficient (Wildman–Crippen LogP) is 20.2. The van der Waals surface area contributed by atoms with Crippen molar-refractivity contribution in [1.82, 2.24) is 0 Å². The first-order chi connectivity index (χ1) is 34.0. The molecule has 0 aromatic rings. The van der Waals surface area contributed by atoms with Gasteiger partial charge in [-0.15, -0.1) is 0 Å². The highest BCUT2D eigenvalue weighted by molar-refractivity contribution is 5.71. The smallest absolute Gasteiger partial charge is 0.306 e. The maximum atomic E-state index is 12.8. The van der Waals surface area contributed by atoms with E-state index in [4.69, 9.17) is 14.2 Å². The summed E-state index contributed by atoms with van der Waals surface area (Å²) < 4.78 is 16.8. The van der Waals surface area contributed by atoms with Crippen LogP contribution in [0.5, 0.6) is 0 Å². The third-order valence-electron chi connectivity index (χ3n) is 13.3. The summed E-state index contributed by atoms with van der Waals surface area (Å²) in [5.74, 6) is -0.893. The summed E-state index contributed by atoms with van der Waals surface area (Å²) >= 11 is 0. The predicted molar refractivity (Wildman–Crippen MR) is 298 cm³/mol. The molecule has 0 N–H and O–H groups in total. The van der Waals surface area contributed by atoms with Crippen molar-refractivity contribution in [3.05, 3.63) is 48.6 Å². The third kappa shape index (κ3) is 56.2. The molecule has 6 nitrogen and oxygen atoms in total. The number of esters is 3. The SMILES string of the molecule is CC/C=C\C/C=C\C/C=C\CCCCCCCC(=O)OC(COC(=O)CCCCCCC/C=C\CCCC)COC(=O)CCCCCCCCCCCCCCCCCCCCCCCCCCC. The lowest BCUT2D eigenvalue weighted by atomic mass is 10.0. The van der Waals surface area contributed by atoms with Gasteiger partial charge in [-0.05, 0) is 70.6 Å². The van der Waals surface area contributed by atoms with Crippen molar-refractivity contribution in [2.75, 3.05) is 13.2 Å². The molecule has 69 heavy (non-hydrogen) atoms. The molecule has 1 atom stereocenters. The zero-order valence-electron chi connectivity index (χ0n) is 46.1. The zero-order chi connectivity index (χ0) is 50.0. The number of rotatable bonds is 55. The molecule has 0 saturated carbocycles. The quantitative estimate of drug-likeness (QED) is 0.0262. The average molecular weight is 968 g/mol. The molecule has 1 unspecified atom stereocenters. The summed E-state index contributed by atoms with van der Waals surface area (Å²) in [6.07, 6.45) is 71.3. The monoisotopic (exact) mass is 967 g/mol. The van der Waals surface area contributed by atoms with Gasteiger partial charge in [0.2, 0.25) is 0 Å². The number of unbranched alkanes of at least 4 members (excludes halogenated alkanes) is 36. The average Bonchev–Trinajstić information content (AvgIpc) is 3.35. The van der Waals surface area contributed by atoms with Gasteiger partial charge >= 0.3 is 17.9 Å². The standard InChI is InChI=1S/C63H114O6/c1-4-7-10-13-16-19-22-24-26-27-28-29-30-31-32-33-34-35-37-38-41-44-47-50-53-56-62(65)68-59-60(58-67-61(64)55-52-49-46-43-40-21-18-15-12-9-6-3)69-63(66)57-54-51-48-45-42-39-36-25-23-20-17-14-11-8-5-2/h8,11,15,17-18,20,25,36,60H,4-7,9-10,12-14,16,19,21-24,26-35,37-59H2,1-3H3/b11-8-,18-15-,20-17-,36-25-. The van der Waals surface area contributed by atoms with Crippen molar-refractivity contribution in [1.29, 1.82) is 0 Å². The van der Waals surface area contributed by atoms with Crippen molar-refractivity contribution in [3.8, 4) is 0 Å². The van der Waals surface area contributed by atoms with E-state index in [0.29, 0.717) is 19.3 Å². The molecule has 0 fully saturated rings. The molecule has 0 aliphatic heterocycles. The van der Waals surface area contributed by atoms with Crippen LogP contribution < -0.4 is 0 Å². The Morgan fingerprint density at radius 1 is 0.304 bits per heavy atom. The van der Waals surface area contributed by atoms with Crippen LogP contribution in [0.3, 0.4) is 0 Å². The molecular weight excluding hydrogens is 853 g/mol. The number of carbonyl (C=O) groups excluding carboxylic acids is 3. The molecule has 0 aromatic carbocycles. The zero-order valence-corrected chi connectivity index (χ0v) is 46.1. The van der Waals surface area contributed by atoms with E-state index in [1.807, 2.05) is 0 Å². The van der Waals surface area contributed by atoms with Crippen LogP contribution in [0.25, 0.3) is 0 Å². The summed E-state index contributed by atoms with van der Waals surface area (Å²) in [5.41, 5.74) is 0. The van der Waals surface area contributed by atoms with Gasteiger partial charge in [-0.2, -0.15) is 0 Å². The summed E-state index contributed by atoms with van der Waals surface area (Å²) in [4.78, 5) is 38.1. The van der Waals surface area contributed by atoms with Gasteiger partial charge in [0.1, 0.15) is 13.2 Å². The number of hydrogen-bond donors (Lipinski definition) is 0. The molecule has 0 heterocycles. The minimum absolute atomic E-state index is 0.0800. The highest BCUT2D eigenvalue weighted by atomic mass is 16.6.